The summed E-state index contributed by atoms with van der Waals surface area (Å²) in [4.78, 5) is 0. The van der Waals surface area contributed by atoms with Crippen molar-refractivity contribution in [3.63, 3.8) is 0 Å². The van der Waals surface area contributed by atoms with Gasteiger partial charge in [0.1, 0.15) is 0 Å². The van der Waals surface area contributed by atoms with Crippen molar-refractivity contribution >= 4 is 0 Å². The minimum Gasteiger partial charge on any atom is -0.390 e. The summed E-state index contributed by atoms with van der Waals surface area (Å²) in [6.07, 6.45) is 6.52. The predicted molar refractivity (Wildman–Crippen MR) is 90.7 cm³/mol. The van der Waals surface area contributed by atoms with E-state index in [1.165, 1.54) is 41.5 Å². The first-order chi connectivity index (χ1) is 9.79. The van der Waals surface area contributed by atoms with Crippen LogP contribution < -0.4 is 0 Å². The summed E-state index contributed by atoms with van der Waals surface area (Å²) in [5.41, 5.74) is 4.89. The summed E-state index contributed by atoms with van der Waals surface area (Å²) >= 11 is 0. The summed E-state index contributed by atoms with van der Waals surface area (Å²) in [6.45, 7) is 11.1. The maximum atomic E-state index is 11.1. The number of aliphatic hydroxyl groups is 1. The first-order valence-corrected chi connectivity index (χ1v) is 8.58. The Morgan fingerprint density at radius 2 is 1.81 bits per heavy atom. The molecular formula is C20H32O. The molecule has 1 aromatic carbocycles. The van der Waals surface area contributed by atoms with Crippen LogP contribution in [0.25, 0.3) is 0 Å². The van der Waals surface area contributed by atoms with E-state index in [4.69, 9.17) is 0 Å². The van der Waals surface area contributed by atoms with Crippen LogP contribution in [0.5, 0.6) is 0 Å². The monoisotopic (exact) mass is 288 g/mol. The Morgan fingerprint density at radius 3 is 2.38 bits per heavy atom. The molecule has 1 aromatic rings. The van der Waals surface area contributed by atoms with Gasteiger partial charge in [-0.3, -0.25) is 0 Å². The first-order valence-electron chi connectivity index (χ1n) is 8.58. The molecule has 2 rings (SSSR count). The molecule has 1 aliphatic carbocycles. The fourth-order valence-electron chi connectivity index (χ4n) is 4.31. The van der Waals surface area contributed by atoms with E-state index in [0.717, 1.165) is 25.2 Å². The van der Waals surface area contributed by atoms with Gasteiger partial charge in [0.05, 0.1) is 5.60 Å². The van der Waals surface area contributed by atoms with Crippen LogP contribution in [0.1, 0.15) is 68.2 Å². The fraction of sp³-hybridized carbons (Fsp3) is 0.700. The smallest absolute Gasteiger partial charge is 0.0690 e. The Morgan fingerprint density at radius 1 is 1.19 bits per heavy atom. The van der Waals surface area contributed by atoms with E-state index in [2.05, 4.69) is 46.8 Å². The third kappa shape index (κ3) is 4.32. The van der Waals surface area contributed by atoms with E-state index in [1.54, 1.807) is 0 Å². The highest BCUT2D eigenvalue weighted by Gasteiger charge is 2.35. The SMILES string of the molecule is Cc1cc(C)c(CC2(O)CCCC(CC(C)C)C2)c(C)c1. The van der Waals surface area contributed by atoms with Crippen molar-refractivity contribution in [3.05, 3.63) is 34.4 Å². The maximum Gasteiger partial charge on any atom is 0.0690 e. The van der Waals surface area contributed by atoms with Crippen LogP contribution in [-0.4, -0.2) is 10.7 Å². The van der Waals surface area contributed by atoms with Gasteiger partial charge in [0.25, 0.3) is 0 Å². The van der Waals surface area contributed by atoms with Crippen molar-refractivity contribution in [2.24, 2.45) is 11.8 Å². The lowest BCUT2D eigenvalue weighted by Gasteiger charge is -2.38. The maximum absolute atomic E-state index is 11.1. The molecule has 1 heteroatoms. The summed E-state index contributed by atoms with van der Waals surface area (Å²) in [5, 5.41) is 11.1. The summed E-state index contributed by atoms with van der Waals surface area (Å²) in [7, 11) is 0. The number of benzene rings is 1. The fourth-order valence-corrected chi connectivity index (χ4v) is 4.31. The van der Waals surface area contributed by atoms with Crippen LogP contribution >= 0.6 is 0 Å². The van der Waals surface area contributed by atoms with Crippen LogP contribution in [0, 0.1) is 32.6 Å². The van der Waals surface area contributed by atoms with Gasteiger partial charge in [0.2, 0.25) is 0 Å². The summed E-state index contributed by atoms with van der Waals surface area (Å²) < 4.78 is 0. The summed E-state index contributed by atoms with van der Waals surface area (Å²) in [5.74, 6) is 1.44. The summed E-state index contributed by atoms with van der Waals surface area (Å²) in [6, 6.07) is 4.50. The van der Waals surface area contributed by atoms with Gasteiger partial charge in [0, 0.05) is 6.42 Å². The molecule has 1 N–H and O–H groups in total. The Kier molecular flexibility index (Phi) is 5.14. The highest BCUT2D eigenvalue weighted by molar-refractivity contribution is 5.38. The zero-order valence-electron chi connectivity index (χ0n) is 14.5. The van der Waals surface area contributed by atoms with Crippen molar-refractivity contribution in [1.29, 1.82) is 0 Å². The van der Waals surface area contributed by atoms with Gasteiger partial charge in [0.15, 0.2) is 0 Å². The number of rotatable bonds is 4. The van der Waals surface area contributed by atoms with E-state index in [0.29, 0.717) is 5.92 Å². The number of hydrogen-bond donors (Lipinski definition) is 1. The number of hydrogen-bond acceptors (Lipinski definition) is 1. The van der Waals surface area contributed by atoms with Crippen LogP contribution in [0.2, 0.25) is 0 Å². The molecule has 0 aromatic heterocycles. The quantitative estimate of drug-likeness (QED) is 0.815. The molecule has 0 amide bonds. The normalized spacial score (nSPS) is 26.3. The second-order valence-electron chi connectivity index (χ2n) is 7.87. The lowest BCUT2D eigenvalue weighted by Crippen LogP contribution is -2.38. The van der Waals surface area contributed by atoms with Gasteiger partial charge < -0.3 is 5.11 Å². The second kappa shape index (κ2) is 6.52. The minimum atomic E-state index is -0.484. The molecule has 0 heterocycles. The largest absolute Gasteiger partial charge is 0.390 e. The first kappa shape index (κ1) is 16.5. The van der Waals surface area contributed by atoms with Gasteiger partial charge in [-0.25, -0.2) is 0 Å². The van der Waals surface area contributed by atoms with Crippen molar-refractivity contribution in [2.75, 3.05) is 0 Å². The van der Waals surface area contributed by atoms with E-state index in [9.17, 15) is 5.11 Å². The van der Waals surface area contributed by atoms with E-state index >= 15 is 0 Å². The predicted octanol–water partition coefficient (Wildman–Crippen LogP) is 5.12. The Balaban J connectivity index is 2.14. The highest BCUT2D eigenvalue weighted by Crippen LogP contribution is 2.38. The molecule has 2 atom stereocenters. The zero-order valence-corrected chi connectivity index (χ0v) is 14.5. The molecule has 118 valence electrons. The van der Waals surface area contributed by atoms with Gasteiger partial charge in [-0.15, -0.1) is 0 Å². The van der Waals surface area contributed by atoms with Gasteiger partial charge in [-0.2, -0.15) is 0 Å². The van der Waals surface area contributed by atoms with E-state index < -0.39 is 5.60 Å². The van der Waals surface area contributed by atoms with E-state index in [1.807, 2.05) is 0 Å². The standard InChI is InChI=1S/C20H32O/c1-14(2)9-18-7-6-8-20(21,12-18)13-19-16(4)10-15(3)11-17(19)5/h10-11,14,18,21H,6-9,12-13H2,1-5H3. The van der Waals surface area contributed by atoms with Gasteiger partial charge in [-0.05, 0) is 68.6 Å². The van der Waals surface area contributed by atoms with E-state index in [-0.39, 0.29) is 0 Å². The molecule has 0 spiro atoms. The van der Waals surface area contributed by atoms with Crippen molar-refractivity contribution in [2.45, 2.75) is 78.7 Å². The van der Waals surface area contributed by atoms with Gasteiger partial charge in [-0.1, -0.05) is 44.4 Å². The highest BCUT2D eigenvalue weighted by atomic mass is 16.3. The van der Waals surface area contributed by atoms with Crippen LogP contribution in [0.4, 0.5) is 0 Å². The average molecular weight is 288 g/mol. The molecule has 0 saturated heterocycles. The Hall–Kier alpha value is -0.820. The molecular weight excluding hydrogens is 256 g/mol. The average Bonchev–Trinajstić information content (AvgIpc) is 2.33. The minimum absolute atomic E-state index is 0.484. The topological polar surface area (TPSA) is 20.2 Å². The lowest BCUT2D eigenvalue weighted by molar-refractivity contribution is -0.0191. The molecule has 0 aliphatic heterocycles. The molecule has 0 radical (unpaired) electrons. The molecule has 0 bridgehead atoms. The molecule has 1 saturated carbocycles. The second-order valence-corrected chi connectivity index (χ2v) is 7.87. The van der Waals surface area contributed by atoms with Crippen molar-refractivity contribution < 1.29 is 5.11 Å². The molecule has 1 nitrogen and oxygen atoms in total. The van der Waals surface area contributed by atoms with Crippen LogP contribution in [0.3, 0.4) is 0 Å². The third-order valence-corrected chi connectivity index (χ3v) is 5.07. The Bertz CT molecular complexity index is 466. The third-order valence-electron chi connectivity index (χ3n) is 5.07. The Labute approximate surface area is 130 Å². The van der Waals surface area contributed by atoms with Crippen molar-refractivity contribution in [3.8, 4) is 0 Å². The van der Waals surface area contributed by atoms with Gasteiger partial charge >= 0.3 is 0 Å². The lowest BCUT2D eigenvalue weighted by atomic mass is 9.72. The molecule has 21 heavy (non-hydrogen) atoms. The molecule has 2 unspecified atom stereocenters. The van der Waals surface area contributed by atoms with Crippen LogP contribution in [-0.2, 0) is 6.42 Å². The molecule has 1 fully saturated rings. The number of aryl methyl sites for hydroxylation is 3. The zero-order chi connectivity index (χ0) is 15.6. The molecule has 1 aliphatic rings. The van der Waals surface area contributed by atoms with Crippen molar-refractivity contribution in [1.82, 2.24) is 0 Å². The van der Waals surface area contributed by atoms with Crippen LogP contribution in [0.15, 0.2) is 12.1 Å².